The van der Waals surface area contributed by atoms with Gasteiger partial charge in [0.25, 0.3) is 0 Å². The van der Waals surface area contributed by atoms with E-state index in [1.807, 2.05) is 18.2 Å². The summed E-state index contributed by atoms with van der Waals surface area (Å²) in [5.41, 5.74) is 2.55. The van der Waals surface area contributed by atoms with Crippen molar-refractivity contribution in [3.05, 3.63) is 47.1 Å². The van der Waals surface area contributed by atoms with Crippen LogP contribution < -0.4 is 4.74 Å². The van der Waals surface area contributed by atoms with Gasteiger partial charge in [-0.25, -0.2) is 4.98 Å². The van der Waals surface area contributed by atoms with Crippen LogP contribution in [0, 0.1) is 11.8 Å². The number of aromatic nitrogens is 1. The molecule has 3 fully saturated rings. The highest BCUT2D eigenvalue weighted by atomic mass is 35.5. The second-order valence-electron chi connectivity index (χ2n) is 9.51. The van der Waals surface area contributed by atoms with Crippen molar-refractivity contribution in [1.29, 1.82) is 0 Å². The summed E-state index contributed by atoms with van der Waals surface area (Å²) in [6, 6.07) is 5.82. The first-order valence-corrected chi connectivity index (χ1v) is 10.8. The number of fused-ring (bicyclic) bond motifs is 4. The number of hydrogen-bond donors (Lipinski definition) is 1. The summed E-state index contributed by atoms with van der Waals surface area (Å²) in [7, 11) is 1.69. The number of ether oxygens (including phenoxy) is 1. The van der Waals surface area contributed by atoms with E-state index in [4.69, 9.17) is 16.3 Å². The van der Waals surface area contributed by atoms with Gasteiger partial charge in [0.2, 0.25) is 0 Å². The maximum absolute atomic E-state index is 11.6. The minimum Gasteiger partial charge on any atom is -0.496 e. The number of rotatable bonds is 4. The Labute approximate surface area is 178 Å². The van der Waals surface area contributed by atoms with E-state index >= 15 is 0 Å². The van der Waals surface area contributed by atoms with Crippen LogP contribution in [0.5, 0.6) is 5.75 Å². The van der Waals surface area contributed by atoms with Gasteiger partial charge >= 0.3 is 0 Å². The van der Waals surface area contributed by atoms with E-state index in [1.54, 1.807) is 7.11 Å². The van der Waals surface area contributed by atoms with Gasteiger partial charge in [0.05, 0.1) is 18.7 Å². The molecule has 2 aromatic rings. The summed E-state index contributed by atoms with van der Waals surface area (Å²) in [4.78, 5) is 6.98. The van der Waals surface area contributed by atoms with Gasteiger partial charge in [-0.1, -0.05) is 38.4 Å². The molecular formula is C24H31ClN2O2. The number of pyridine rings is 1. The van der Waals surface area contributed by atoms with Crippen molar-refractivity contribution in [2.45, 2.75) is 51.2 Å². The molecule has 1 aromatic heterocycles. The molecule has 4 heterocycles. The van der Waals surface area contributed by atoms with Crippen LogP contribution in [-0.2, 0) is 5.41 Å². The number of aliphatic hydroxyl groups is 1. The van der Waals surface area contributed by atoms with Gasteiger partial charge in [-0.2, -0.15) is 0 Å². The Morgan fingerprint density at radius 3 is 2.72 bits per heavy atom. The van der Waals surface area contributed by atoms with E-state index < -0.39 is 6.10 Å². The fourth-order valence-corrected chi connectivity index (χ4v) is 5.58. The molecule has 0 saturated carbocycles. The monoisotopic (exact) mass is 414 g/mol. The van der Waals surface area contributed by atoms with Gasteiger partial charge in [-0.15, -0.1) is 6.58 Å². The predicted octanol–water partition coefficient (Wildman–Crippen LogP) is 5.12. The van der Waals surface area contributed by atoms with Gasteiger partial charge in [-0.3, -0.25) is 4.90 Å². The van der Waals surface area contributed by atoms with Crippen LogP contribution in [-0.4, -0.2) is 41.2 Å². The molecule has 0 spiro atoms. The van der Waals surface area contributed by atoms with E-state index in [0.717, 1.165) is 47.3 Å². The molecule has 5 heteroatoms. The van der Waals surface area contributed by atoms with Crippen molar-refractivity contribution in [1.82, 2.24) is 9.88 Å². The molecule has 0 radical (unpaired) electrons. The molecule has 3 saturated heterocycles. The topological polar surface area (TPSA) is 45.6 Å². The first kappa shape index (κ1) is 20.6. The Kier molecular flexibility index (Phi) is 5.39. The highest BCUT2D eigenvalue weighted by Crippen LogP contribution is 2.45. The lowest BCUT2D eigenvalue weighted by atomic mass is 9.73. The van der Waals surface area contributed by atoms with E-state index in [0.29, 0.717) is 17.0 Å². The zero-order valence-corrected chi connectivity index (χ0v) is 18.5. The van der Waals surface area contributed by atoms with Crippen LogP contribution in [0.25, 0.3) is 10.9 Å². The lowest BCUT2D eigenvalue weighted by molar-refractivity contribution is -0.0445. The molecule has 29 heavy (non-hydrogen) atoms. The standard InChI is InChI=1S/C24H31ClN2O2/c1-6-14-13-27-10-9-15(14)11-18(27)23(28)16-12-20(25)26-17-7-8-19(29-5)22(21(16)17)24(2,3)4/h6-8,12,14-15,18,23,28H,1,9-11,13H2,2-5H3/t14-,15?,18-,23+/m0/s1. The molecule has 3 aliphatic heterocycles. The molecule has 4 nitrogen and oxygen atoms in total. The van der Waals surface area contributed by atoms with Crippen LogP contribution in [0.2, 0.25) is 5.15 Å². The average Bonchev–Trinajstić information content (AvgIpc) is 2.71. The molecule has 3 aliphatic rings. The second kappa shape index (κ2) is 7.57. The zero-order chi connectivity index (χ0) is 20.9. The Morgan fingerprint density at radius 1 is 1.38 bits per heavy atom. The molecular weight excluding hydrogens is 384 g/mol. The van der Waals surface area contributed by atoms with Gasteiger partial charge in [0.15, 0.2) is 0 Å². The Balaban J connectivity index is 1.86. The van der Waals surface area contributed by atoms with Gasteiger partial charge in [0, 0.05) is 23.5 Å². The highest BCUT2D eigenvalue weighted by molar-refractivity contribution is 6.30. The third kappa shape index (κ3) is 3.56. The van der Waals surface area contributed by atoms with Gasteiger partial charge in [0.1, 0.15) is 10.9 Å². The zero-order valence-electron chi connectivity index (χ0n) is 17.8. The molecule has 1 aromatic carbocycles. The number of halogens is 1. The molecule has 2 unspecified atom stereocenters. The lowest BCUT2D eigenvalue weighted by Gasteiger charge is -2.50. The van der Waals surface area contributed by atoms with Crippen molar-refractivity contribution in [2.75, 3.05) is 20.2 Å². The summed E-state index contributed by atoms with van der Waals surface area (Å²) in [5.74, 6) is 1.94. The Bertz CT molecular complexity index is 937. The number of benzene rings is 1. The van der Waals surface area contributed by atoms with Gasteiger partial charge < -0.3 is 9.84 Å². The van der Waals surface area contributed by atoms with Crippen molar-refractivity contribution in [3.8, 4) is 5.75 Å². The largest absolute Gasteiger partial charge is 0.496 e. The van der Waals surface area contributed by atoms with E-state index in [9.17, 15) is 5.11 Å². The second-order valence-corrected chi connectivity index (χ2v) is 9.90. The molecule has 156 valence electrons. The fraction of sp³-hybridized carbons (Fsp3) is 0.542. The molecule has 0 aliphatic carbocycles. The van der Waals surface area contributed by atoms with Crippen LogP contribution in [0.3, 0.4) is 0 Å². The first-order valence-electron chi connectivity index (χ1n) is 10.5. The van der Waals surface area contributed by atoms with Crippen LogP contribution in [0.4, 0.5) is 0 Å². The SMILES string of the molecule is C=C[C@H]1CN2CCC1C[C@H]2[C@H](O)c1cc(Cl)nc2ccc(OC)c(C(C)(C)C)c12. The average molecular weight is 415 g/mol. The van der Waals surface area contributed by atoms with Crippen molar-refractivity contribution in [3.63, 3.8) is 0 Å². The summed E-state index contributed by atoms with van der Waals surface area (Å²) < 4.78 is 5.70. The molecule has 5 atom stereocenters. The summed E-state index contributed by atoms with van der Waals surface area (Å²) >= 11 is 6.39. The smallest absolute Gasteiger partial charge is 0.130 e. The Hall–Kier alpha value is -1.62. The molecule has 1 N–H and O–H groups in total. The third-order valence-corrected chi connectivity index (χ3v) is 6.94. The van der Waals surface area contributed by atoms with Crippen LogP contribution in [0.1, 0.15) is 50.8 Å². The Morgan fingerprint density at radius 2 is 2.14 bits per heavy atom. The normalized spacial score (nSPS) is 27.8. The number of nitrogens with zero attached hydrogens (tertiary/aromatic N) is 2. The van der Waals surface area contributed by atoms with Crippen molar-refractivity contribution < 1.29 is 9.84 Å². The van der Waals surface area contributed by atoms with E-state index in [2.05, 4.69) is 43.3 Å². The quantitative estimate of drug-likeness (QED) is 0.556. The minimum absolute atomic E-state index is 0.0886. The first-order chi connectivity index (χ1) is 13.7. The number of methoxy groups -OCH3 is 1. The van der Waals surface area contributed by atoms with Crippen molar-refractivity contribution in [2.24, 2.45) is 11.8 Å². The number of hydrogen-bond acceptors (Lipinski definition) is 4. The van der Waals surface area contributed by atoms with E-state index in [1.165, 1.54) is 6.42 Å². The van der Waals surface area contributed by atoms with Crippen LogP contribution in [0.15, 0.2) is 30.9 Å². The van der Waals surface area contributed by atoms with Crippen molar-refractivity contribution >= 4 is 22.5 Å². The highest BCUT2D eigenvalue weighted by Gasteiger charge is 2.42. The lowest BCUT2D eigenvalue weighted by Crippen LogP contribution is -2.54. The summed E-state index contributed by atoms with van der Waals surface area (Å²) in [5, 5.41) is 13.0. The maximum Gasteiger partial charge on any atom is 0.130 e. The van der Waals surface area contributed by atoms with Gasteiger partial charge in [-0.05, 0) is 60.4 Å². The minimum atomic E-state index is -0.625. The number of piperidine rings is 3. The number of aliphatic hydroxyl groups excluding tert-OH is 1. The summed E-state index contributed by atoms with van der Waals surface area (Å²) in [6.07, 6.45) is 3.62. The molecule has 2 bridgehead atoms. The molecule has 5 rings (SSSR count). The fourth-order valence-electron chi connectivity index (χ4n) is 5.37. The van der Waals surface area contributed by atoms with E-state index in [-0.39, 0.29) is 11.5 Å². The van der Waals surface area contributed by atoms with Crippen LogP contribution >= 0.6 is 11.6 Å². The summed E-state index contributed by atoms with van der Waals surface area (Å²) in [6.45, 7) is 12.5. The molecule has 0 amide bonds. The third-order valence-electron chi connectivity index (χ3n) is 6.74. The predicted molar refractivity (Wildman–Crippen MR) is 119 cm³/mol. The maximum atomic E-state index is 11.6.